The number of benzene rings is 3. The molecule has 3 aromatic rings. The van der Waals surface area contributed by atoms with Gasteiger partial charge in [-0.3, -0.25) is 19.5 Å². The van der Waals surface area contributed by atoms with Crippen LogP contribution in [0.5, 0.6) is 0 Å². The second-order valence-corrected chi connectivity index (χ2v) is 9.54. The van der Waals surface area contributed by atoms with Gasteiger partial charge in [-0.1, -0.05) is 48.2 Å². The number of anilines is 2. The minimum Gasteiger partial charge on any atom is -0.481 e. The molecule has 6 nitrogen and oxygen atoms in total. The number of urea groups is 1. The van der Waals surface area contributed by atoms with Crippen LogP contribution in [0.25, 0.3) is 0 Å². The third kappa shape index (κ3) is 4.74. The van der Waals surface area contributed by atoms with Crippen molar-refractivity contribution in [3.63, 3.8) is 0 Å². The van der Waals surface area contributed by atoms with Gasteiger partial charge in [0.15, 0.2) is 0 Å². The van der Waals surface area contributed by atoms with Crippen molar-refractivity contribution < 1.29 is 14.7 Å². The van der Waals surface area contributed by atoms with Gasteiger partial charge in [-0.15, -0.1) is 0 Å². The number of carbonyl (C=O) groups is 2. The van der Waals surface area contributed by atoms with Gasteiger partial charge >= 0.3 is 12.0 Å². The van der Waals surface area contributed by atoms with E-state index in [2.05, 4.69) is 29.2 Å². The molecule has 2 aliphatic rings. The van der Waals surface area contributed by atoms with Crippen molar-refractivity contribution in [1.29, 1.82) is 0 Å². The third-order valence-corrected chi connectivity index (χ3v) is 7.08. The fraction of sp³-hybridized carbons (Fsp3) is 0.231. The van der Waals surface area contributed by atoms with Crippen molar-refractivity contribution >= 4 is 35.1 Å². The van der Waals surface area contributed by atoms with Gasteiger partial charge < -0.3 is 5.11 Å². The van der Waals surface area contributed by atoms with Crippen LogP contribution in [0.1, 0.15) is 5.56 Å². The molecule has 0 aliphatic carbocycles. The van der Waals surface area contributed by atoms with E-state index in [0.717, 1.165) is 28.4 Å². The molecule has 1 N–H and O–H groups in total. The van der Waals surface area contributed by atoms with Crippen LogP contribution < -0.4 is 9.80 Å². The van der Waals surface area contributed by atoms with E-state index in [1.807, 2.05) is 64.4 Å². The summed E-state index contributed by atoms with van der Waals surface area (Å²) in [5.74, 6) is -0.968. The monoisotopic (exact) mass is 459 g/mol. The van der Waals surface area contributed by atoms with Gasteiger partial charge in [0.25, 0.3) is 0 Å². The second kappa shape index (κ2) is 9.29. The second-order valence-electron chi connectivity index (χ2n) is 8.39. The quantitative estimate of drug-likeness (QED) is 0.550. The normalized spacial score (nSPS) is 16.8. The van der Waals surface area contributed by atoms with Crippen molar-refractivity contribution in [2.75, 3.05) is 36.0 Å². The van der Waals surface area contributed by atoms with Gasteiger partial charge in [0, 0.05) is 53.9 Å². The fourth-order valence-electron chi connectivity index (χ4n) is 4.25. The first-order valence-corrected chi connectivity index (χ1v) is 11.8. The van der Waals surface area contributed by atoms with Crippen LogP contribution in [0.3, 0.4) is 0 Å². The maximum Gasteiger partial charge on any atom is 0.329 e. The van der Waals surface area contributed by atoms with Crippen LogP contribution in [-0.4, -0.2) is 48.2 Å². The summed E-state index contributed by atoms with van der Waals surface area (Å²) in [4.78, 5) is 32.2. The zero-order valence-corrected chi connectivity index (χ0v) is 18.9. The number of likely N-dealkylation sites (tertiary alicyclic amines) is 1. The van der Waals surface area contributed by atoms with Crippen LogP contribution in [-0.2, 0) is 11.3 Å². The fourth-order valence-corrected chi connectivity index (χ4v) is 5.14. The van der Waals surface area contributed by atoms with Crippen LogP contribution in [0.2, 0.25) is 0 Å². The number of carboxylic acids is 1. The first-order valence-electron chi connectivity index (χ1n) is 11.0. The first kappa shape index (κ1) is 21.6. The predicted molar refractivity (Wildman–Crippen MR) is 130 cm³/mol. The zero-order valence-electron chi connectivity index (χ0n) is 18.1. The number of hydrogen-bond acceptors (Lipinski definition) is 4. The smallest absolute Gasteiger partial charge is 0.329 e. The molecule has 2 aliphatic heterocycles. The van der Waals surface area contributed by atoms with Crippen molar-refractivity contribution in [3.05, 3.63) is 84.4 Å². The Labute approximate surface area is 197 Å². The molecule has 0 aromatic heterocycles. The molecule has 5 rings (SSSR count). The van der Waals surface area contributed by atoms with Crippen LogP contribution in [0.15, 0.2) is 88.7 Å². The van der Waals surface area contributed by atoms with E-state index in [1.165, 1.54) is 4.90 Å². The van der Waals surface area contributed by atoms with Crippen LogP contribution in [0, 0.1) is 5.92 Å². The standard InChI is InChI=1S/C26H25N3O3S/c30-25(31)20-17-27(18-20)16-19-9-11-21(12-10-19)28-13-14-29(26(28)32)22-5-4-8-24(15-22)33-23-6-2-1-3-7-23/h1-12,15,20H,13-14,16-18H2,(H,30,31). The highest BCUT2D eigenvalue weighted by molar-refractivity contribution is 7.99. The Kier molecular flexibility index (Phi) is 6.07. The molecule has 33 heavy (non-hydrogen) atoms. The topological polar surface area (TPSA) is 64.1 Å². The molecule has 2 amide bonds. The Hall–Kier alpha value is -3.29. The average Bonchev–Trinajstić information content (AvgIpc) is 3.18. The van der Waals surface area contributed by atoms with Gasteiger partial charge in [0.05, 0.1) is 5.92 Å². The Morgan fingerprint density at radius 3 is 2.21 bits per heavy atom. The van der Waals surface area contributed by atoms with Crippen molar-refractivity contribution in [1.82, 2.24) is 4.90 Å². The molecule has 2 saturated heterocycles. The van der Waals surface area contributed by atoms with E-state index in [9.17, 15) is 9.59 Å². The Balaban J connectivity index is 1.22. The van der Waals surface area contributed by atoms with Gasteiger partial charge in [-0.05, 0) is 48.0 Å². The summed E-state index contributed by atoms with van der Waals surface area (Å²) in [6.45, 7) is 3.21. The first-order chi connectivity index (χ1) is 16.1. The molecule has 3 aromatic carbocycles. The van der Waals surface area contributed by atoms with Gasteiger partial charge in [-0.25, -0.2) is 4.79 Å². The van der Waals surface area contributed by atoms with E-state index in [4.69, 9.17) is 5.11 Å². The van der Waals surface area contributed by atoms with E-state index in [0.29, 0.717) is 26.2 Å². The van der Waals surface area contributed by atoms with Crippen molar-refractivity contribution in [2.45, 2.75) is 16.3 Å². The number of nitrogens with zero attached hydrogens (tertiary/aromatic N) is 3. The zero-order chi connectivity index (χ0) is 22.8. The lowest BCUT2D eigenvalue weighted by atomic mass is 9.99. The molecule has 2 fully saturated rings. The van der Waals surface area contributed by atoms with Gasteiger partial charge in [-0.2, -0.15) is 0 Å². The Bertz CT molecular complexity index is 1150. The summed E-state index contributed by atoms with van der Waals surface area (Å²) in [5, 5.41) is 9.02. The summed E-state index contributed by atoms with van der Waals surface area (Å²) in [6, 6.07) is 26.3. The highest BCUT2D eigenvalue weighted by Crippen LogP contribution is 2.32. The maximum atomic E-state index is 13.2. The number of amides is 2. The SMILES string of the molecule is O=C(O)C1CN(Cc2ccc(N3CCN(c4cccc(Sc5ccccc5)c4)C3=O)cc2)C1. The average molecular weight is 460 g/mol. The Morgan fingerprint density at radius 2 is 1.52 bits per heavy atom. The number of aliphatic carboxylic acids is 1. The van der Waals surface area contributed by atoms with E-state index in [1.54, 1.807) is 11.8 Å². The summed E-state index contributed by atoms with van der Waals surface area (Å²) < 4.78 is 0. The lowest BCUT2D eigenvalue weighted by Crippen LogP contribution is -2.49. The van der Waals surface area contributed by atoms with Crippen molar-refractivity contribution in [3.8, 4) is 0 Å². The molecule has 7 heteroatoms. The number of hydrogen-bond donors (Lipinski definition) is 1. The molecular formula is C26H25N3O3S. The van der Waals surface area contributed by atoms with Gasteiger partial charge in [0.1, 0.15) is 0 Å². The minimum atomic E-state index is -0.720. The Morgan fingerprint density at radius 1 is 0.848 bits per heavy atom. The van der Waals surface area contributed by atoms with E-state index < -0.39 is 5.97 Å². The van der Waals surface area contributed by atoms with Crippen LogP contribution in [0.4, 0.5) is 16.2 Å². The maximum absolute atomic E-state index is 13.2. The minimum absolute atomic E-state index is 0.0170. The lowest BCUT2D eigenvalue weighted by Gasteiger charge is -2.36. The molecule has 0 spiro atoms. The summed E-state index contributed by atoms with van der Waals surface area (Å²) >= 11 is 1.69. The summed E-state index contributed by atoms with van der Waals surface area (Å²) in [5.41, 5.74) is 2.91. The molecule has 0 bridgehead atoms. The number of carboxylic acid groups (broad SMARTS) is 1. The van der Waals surface area contributed by atoms with E-state index in [-0.39, 0.29) is 11.9 Å². The molecule has 0 unspecified atom stereocenters. The predicted octanol–water partition coefficient (Wildman–Crippen LogP) is 4.80. The largest absolute Gasteiger partial charge is 0.481 e. The van der Waals surface area contributed by atoms with E-state index >= 15 is 0 Å². The molecule has 0 atom stereocenters. The van der Waals surface area contributed by atoms with Crippen molar-refractivity contribution in [2.24, 2.45) is 5.92 Å². The molecular weight excluding hydrogens is 434 g/mol. The number of carbonyl (C=O) groups excluding carboxylic acids is 1. The molecule has 168 valence electrons. The number of rotatable bonds is 7. The molecule has 2 heterocycles. The summed E-state index contributed by atoms with van der Waals surface area (Å²) in [7, 11) is 0. The van der Waals surface area contributed by atoms with Crippen LogP contribution >= 0.6 is 11.8 Å². The van der Waals surface area contributed by atoms with Gasteiger partial charge in [0.2, 0.25) is 0 Å². The highest BCUT2D eigenvalue weighted by Gasteiger charge is 2.33. The highest BCUT2D eigenvalue weighted by atomic mass is 32.2. The lowest BCUT2D eigenvalue weighted by molar-refractivity contribution is -0.147. The molecule has 0 saturated carbocycles. The summed E-state index contributed by atoms with van der Waals surface area (Å²) in [6.07, 6.45) is 0. The third-order valence-electron chi connectivity index (χ3n) is 6.08. The molecule has 0 radical (unpaired) electrons.